The van der Waals surface area contributed by atoms with Crippen molar-refractivity contribution in [3.63, 3.8) is 0 Å². The van der Waals surface area contributed by atoms with Crippen LogP contribution in [0.5, 0.6) is 0 Å². The normalized spacial score (nSPS) is 21.1. The van der Waals surface area contributed by atoms with E-state index in [4.69, 9.17) is 0 Å². The van der Waals surface area contributed by atoms with E-state index in [0.29, 0.717) is 0 Å². The predicted octanol–water partition coefficient (Wildman–Crippen LogP) is 2.34. The number of hydrogen-bond acceptors (Lipinski definition) is 0. The molecule has 22 heavy (non-hydrogen) atoms. The molecule has 0 aromatic heterocycles. The summed E-state index contributed by atoms with van der Waals surface area (Å²) in [7, 11) is 0. The van der Waals surface area contributed by atoms with Gasteiger partial charge in [0.1, 0.15) is 0 Å². The Balaban J connectivity index is 0.00000242. The van der Waals surface area contributed by atoms with Crippen LogP contribution in [0.15, 0.2) is 25.3 Å². The lowest BCUT2D eigenvalue weighted by Crippen LogP contribution is -3.00. The summed E-state index contributed by atoms with van der Waals surface area (Å²) in [6.45, 7) is 13.1. The highest BCUT2D eigenvalue weighted by atomic mass is 35.5. The van der Waals surface area contributed by atoms with Crippen molar-refractivity contribution in [1.29, 1.82) is 0 Å². The zero-order valence-corrected chi connectivity index (χ0v) is 15.2. The molecule has 0 spiro atoms. The Kier molecular flexibility index (Phi) is 9.43. The molecule has 0 aromatic rings. The number of rotatable bonds is 8. The molecule has 0 aromatic carbocycles. The van der Waals surface area contributed by atoms with Gasteiger partial charge in [-0.3, -0.25) is 0 Å². The molecule has 0 saturated heterocycles. The van der Waals surface area contributed by atoms with Crippen LogP contribution in [0.2, 0.25) is 0 Å². The first-order chi connectivity index (χ1) is 10.3. The summed E-state index contributed by atoms with van der Waals surface area (Å²) in [5.74, 6) is 1.89. The van der Waals surface area contributed by atoms with Gasteiger partial charge in [0.25, 0.3) is 0 Å². The van der Waals surface area contributed by atoms with Crippen LogP contribution in [-0.2, 0) is 0 Å². The predicted molar refractivity (Wildman–Crippen MR) is 93.3 cm³/mol. The van der Waals surface area contributed by atoms with Crippen molar-refractivity contribution < 1.29 is 16.9 Å². The Morgan fingerprint density at radius 2 is 1.05 bits per heavy atom. The van der Waals surface area contributed by atoms with Crippen molar-refractivity contribution in [2.24, 2.45) is 11.8 Å². The molecule has 0 radical (unpaired) electrons. The van der Waals surface area contributed by atoms with Gasteiger partial charge in [-0.25, -0.2) is 0 Å². The average Bonchev–Trinajstić information content (AvgIpc) is 2.50. The van der Waals surface area contributed by atoms with E-state index in [9.17, 15) is 0 Å². The first-order valence-electron chi connectivity index (χ1n) is 9.35. The van der Waals surface area contributed by atoms with Gasteiger partial charge in [0.05, 0.1) is 26.2 Å². The van der Waals surface area contributed by atoms with Crippen LogP contribution in [0.4, 0.5) is 0 Å². The minimum atomic E-state index is 0. The smallest absolute Gasteiger partial charge is 0.0973 e. The van der Waals surface area contributed by atoms with Gasteiger partial charge in [-0.1, -0.05) is 51.7 Å². The lowest BCUT2D eigenvalue weighted by molar-refractivity contribution is -0.924. The first kappa shape index (κ1) is 19.8. The summed E-state index contributed by atoms with van der Waals surface area (Å²) in [6, 6.07) is 0. The minimum absolute atomic E-state index is 0. The molecule has 0 atom stereocenters. The van der Waals surface area contributed by atoms with Gasteiger partial charge in [0.2, 0.25) is 0 Å². The van der Waals surface area contributed by atoms with Crippen molar-refractivity contribution in [3.8, 4) is 0 Å². The second kappa shape index (κ2) is 10.5. The Hall–Kier alpha value is -0.270. The summed E-state index contributed by atoms with van der Waals surface area (Å²) in [4.78, 5) is 0. The number of halogens is 1. The third-order valence-corrected chi connectivity index (χ3v) is 5.77. The molecule has 2 saturated carbocycles. The summed E-state index contributed by atoms with van der Waals surface area (Å²) in [5.41, 5.74) is 0. The molecule has 0 unspecified atom stereocenters. The Morgan fingerprint density at radius 1 is 0.682 bits per heavy atom. The number of nitrogens with zero attached hydrogens (tertiary/aromatic N) is 1. The van der Waals surface area contributed by atoms with E-state index in [1.807, 2.05) is 0 Å². The number of hydrogen-bond donors (Lipinski definition) is 0. The number of quaternary nitrogens is 1. The van der Waals surface area contributed by atoms with Crippen LogP contribution >= 0.6 is 0 Å². The van der Waals surface area contributed by atoms with Gasteiger partial charge in [-0.05, 0) is 37.8 Å². The molecule has 0 heterocycles. The third kappa shape index (κ3) is 6.08. The Labute approximate surface area is 144 Å². The fourth-order valence-electron chi connectivity index (χ4n) is 4.83. The van der Waals surface area contributed by atoms with Crippen LogP contribution in [-0.4, -0.2) is 30.7 Å². The molecule has 0 N–H and O–H groups in total. The molecule has 0 bridgehead atoms. The molecular weight excluding hydrogens is 290 g/mol. The van der Waals surface area contributed by atoms with Crippen molar-refractivity contribution in [2.75, 3.05) is 26.2 Å². The third-order valence-electron chi connectivity index (χ3n) is 5.77. The quantitative estimate of drug-likeness (QED) is 0.475. The van der Waals surface area contributed by atoms with E-state index < -0.39 is 0 Å². The van der Waals surface area contributed by atoms with E-state index in [-0.39, 0.29) is 12.4 Å². The van der Waals surface area contributed by atoms with Gasteiger partial charge in [-0.2, -0.15) is 0 Å². The van der Waals surface area contributed by atoms with Gasteiger partial charge < -0.3 is 16.9 Å². The van der Waals surface area contributed by atoms with E-state index in [1.54, 1.807) is 0 Å². The zero-order chi connectivity index (χ0) is 15.0. The average molecular weight is 326 g/mol. The zero-order valence-electron chi connectivity index (χ0n) is 14.4. The molecule has 0 amide bonds. The van der Waals surface area contributed by atoms with E-state index in [1.165, 1.54) is 81.8 Å². The van der Waals surface area contributed by atoms with Crippen LogP contribution in [0.1, 0.15) is 64.2 Å². The van der Waals surface area contributed by atoms with Crippen LogP contribution in [0.25, 0.3) is 0 Å². The maximum atomic E-state index is 4.06. The fourth-order valence-corrected chi connectivity index (χ4v) is 4.83. The SMILES string of the molecule is C=CC[N+](CC=C)(CC1CCCCC1)CC1CCCCC1.[Cl-]. The summed E-state index contributed by atoms with van der Waals surface area (Å²) >= 11 is 0. The van der Waals surface area contributed by atoms with Gasteiger partial charge in [0, 0.05) is 11.8 Å². The van der Waals surface area contributed by atoms with Crippen LogP contribution in [0.3, 0.4) is 0 Å². The maximum absolute atomic E-state index is 4.06. The summed E-state index contributed by atoms with van der Waals surface area (Å²) in [5, 5.41) is 0. The van der Waals surface area contributed by atoms with E-state index in [2.05, 4.69) is 25.3 Å². The van der Waals surface area contributed by atoms with Gasteiger partial charge >= 0.3 is 0 Å². The van der Waals surface area contributed by atoms with Crippen molar-refractivity contribution >= 4 is 0 Å². The maximum Gasteiger partial charge on any atom is 0.0973 e. The van der Waals surface area contributed by atoms with Crippen molar-refractivity contribution in [2.45, 2.75) is 64.2 Å². The van der Waals surface area contributed by atoms with Gasteiger partial charge in [0.15, 0.2) is 0 Å². The molecule has 2 aliphatic carbocycles. The molecular formula is C20H36ClN. The van der Waals surface area contributed by atoms with E-state index in [0.717, 1.165) is 24.9 Å². The lowest BCUT2D eigenvalue weighted by atomic mass is 9.85. The highest BCUT2D eigenvalue weighted by molar-refractivity contribution is 4.77. The second-order valence-electron chi connectivity index (χ2n) is 7.66. The minimum Gasteiger partial charge on any atom is -1.00 e. The molecule has 128 valence electrons. The Bertz CT molecular complexity index is 282. The lowest BCUT2D eigenvalue weighted by Gasteiger charge is -2.43. The van der Waals surface area contributed by atoms with Crippen molar-refractivity contribution in [1.82, 2.24) is 0 Å². The monoisotopic (exact) mass is 325 g/mol. The standard InChI is InChI=1S/C20H36N.ClH/c1-3-15-21(16-4-2,17-19-11-7-5-8-12-19)18-20-13-9-6-10-14-20;/h3-4,19-20H,1-2,5-18H2;1H/q+1;/p-1. The molecule has 2 aliphatic rings. The largest absolute Gasteiger partial charge is 1.00 e. The second-order valence-corrected chi connectivity index (χ2v) is 7.66. The molecule has 1 nitrogen and oxygen atoms in total. The van der Waals surface area contributed by atoms with E-state index >= 15 is 0 Å². The first-order valence-corrected chi connectivity index (χ1v) is 9.35. The topological polar surface area (TPSA) is 0 Å². The molecule has 2 heteroatoms. The summed E-state index contributed by atoms with van der Waals surface area (Å²) < 4.78 is 1.24. The molecule has 2 rings (SSSR count). The summed E-state index contributed by atoms with van der Waals surface area (Å²) in [6.07, 6.45) is 18.9. The highest BCUT2D eigenvalue weighted by Crippen LogP contribution is 2.31. The molecule has 0 aliphatic heterocycles. The fraction of sp³-hybridized carbons (Fsp3) is 0.800. The van der Waals surface area contributed by atoms with Crippen LogP contribution in [0, 0.1) is 11.8 Å². The Morgan fingerprint density at radius 3 is 1.36 bits per heavy atom. The molecule has 2 fully saturated rings. The highest BCUT2D eigenvalue weighted by Gasteiger charge is 2.33. The van der Waals surface area contributed by atoms with Crippen molar-refractivity contribution in [3.05, 3.63) is 25.3 Å². The van der Waals surface area contributed by atoms with Gasteiger partial charge in [-0.15, -0.1) is 0 Å². The van der Waals surface area contributed by atoms with Crippen LogP contribution < -0.4 is 12.4 Å².